The minimum Gasteiger partial charge on any atom is -0.465 e. The number of rotatable bonds is 3. The van der Waals surface area contributed by atoms with Crippen LogP contribution in [0.5, 0.6) is 0 Å². The van der Waals surface area contributed by atoms with Crippen LogP contribution in [0, 0.1) is 6.92 Å². The van der Waals surface area contributed by atoms with Crippen LogP contribution in [0.3, 0.4) is 0 Å². The number of aryl methyl sites for hydroxylation is 1. The smallest absolute Gasteiger partial charge is 0.412 e. The van der Waals surface area contributed by atoms with Gasteiger partial charge in [0.1, 0.15) is 0 Å². The molecule has 0 saturated heterocycles. The highest BCUT2D eigenvalue weighted by molar-refractivity contribution is 7.07. The highest BCUT2D eigenvalue weighted by Crippen LogP contribution is 2.19. The topological polar surface area (TPSA) is 40.5 Å². The highest BCUT2D eigenvalue weighted by Gasteiger charge is 2.14. The number of carbonyl (C=O) groups is 1. The van der Waals surface area contributed by atoms with Gasteiger partial charge in [-0.25, -0.2) is 4.79 Å². The van der Waals surface area contributed by atoms with Crippen molar-refractivity contribution in [2.75, 3.05) is 4.90 Å². The van der Waals surface area contributed by atoms with E-state index < -0.39 is 6.09 Å². The fraction of sp³-hybridized carbons (Fsp3) is 0.154. The lowest BCUT2D eigenvalue weighted by molar-refractivity contribution is 0.201. The van der Waals surface area contributed by atoms with E-state index in [1.807, 2.05) is 48.0 Å². The van der Waals surface area contributed by atoms with Gasteiger partial charge in [-0.05, 0) is 47.0 Å². The molecule has 17 heavy (non-hydrogen) atoms. The predicted molar refractivity (Wildman–Crippen MR) is 69.7 cm³/mol. The van der Waals surface area contributed by atoms with Crippen molar-refractivity contribution in [2.45, 2.75) is 13.5 Å². The van der Waals surface area contributed by atoms with E-state index in [2.05, 4.69) is 0 Å². The van der Waals surface area contributed by atoms with E-state index in [0.717, 1.165) is 11.1 Å². The van der Waals surface area contributed by atoms with Gasteiger partial charge in [-0.1, -0.05) is 12.1 Å². The summed E-state index contributed by atoms with van der Waals surface area (Å²) in [6.45, 7) is 2.34. The van der Waals surface area contributed by atoms with Crippen molar-refractivity contribution in [2.24, 2.45) is 0 Å². The minimum atomic E-state index is -0.929. The molecule has 0 saturated carbocycles. The molecule has 4 heteroatoms. The quantitative estimate of drug-likeness (QED) is 0.897. The van der Waals surface area contributed by atoms with Gasteiger partial charge in [0, 0.05) is 5.69 Å². The first-order valence-electron chi connectivity index (χ1n) is 5.25. The Hall–Kier alpha value is -1.81. The molecule has 0 spiro atoms. The molecule has 1 aromatic carbocycles. The van der Waals surface area contributed by atoms with E-state index in [1.54, 1.807) is 11.3 Å². The summed E-state index contributed by atoms with van der Waals surface area (Å²) in [7, 11) is 0. The Morgan fingerprint density at radius 1 is 1.41 bits per heavy atom. The number of hydrogen-bond acceptors (Lipinski definition) is 2. The molecule has 1 aromatic heterocycles. The zero-order chi connectivity index (χ0) is 12.3. The van der Waals surface area contributed by atoms with Gasteiger partial charge in [-0.15, -0.1) is 0 Å². The SMILES string of the molecule is Cc1cccc(N(Cc2ccsc2)C(=O)O)c1. The molecule has 0 fully saturated rings. The van der Waals surface area contributed by atoms with Crippen molar-refractivity contribution in [1.29, 1.82) is 0 Å². The second-order valence-electron chi connectivity index (χ2n) is 3.84. The molecule has 1 N–H and O–H groups in total. The van der Waals surface area contributed by atoms with Crippen LogP contribution in [0.15, 0.2) is 41.1 Å². The van der Waals surface area contributed by atoms with Crippen molar-refractivity contribution in [3.63, 3.8) is 0 Å². The second-order valence-corrected chi connectivity index (χ2v) is 4.62. The molecule has 0 radical (unpaired) electrons. The third-order valence-electron chi connectivity index (χ3n) is 2.47. The van der Waals surface area contributed by atoms with Crippen molar-refractivity contribution in [3.05, 3.63) is 52.2 Å². The van der Waals surface area contributed by atoms with Gasteiger partial charge in [0.05, 0.1) is 6.54 Å². The standard InChI is InChI=1S/C13H13NO2S/c1-10-3-2-4-12(7-10)14(13(15)16)8-11-5-6-17-9-11/h2-7,9H,8H2,1H3,(H,15,16). The van der Waals surface area contributed by atoms with Gasteiger partial charge in [-0.2, -0.15) is 11.3 Å². The van der Waals surface area contributed by atoms with Gasteiger partial charge in [0.25, 0.3) is 0 Å². The van der Waals surface area contributed by atoms with Gasteiger partial charge >= 0.3 is 6.09 Å². The van der Waals surface area contributed by atoms with Crippen LogP contribution in [0.1, 0.15) is 11.1 Å². The molecular formula is C13H13NO2S. The summed E-state index contributed by atoms with van der Waals surface area (Å²) >= 11 is 1.57. The number of carboxylic acid groups (broad SMARTS) is 1. The number of nitrogens with zero attached hydrogens (tertiary/aromatic N) is 1. The zero-order valence-corrected chi connectivity index (χ0v) is 10.3. The second kappa shape index (κ2) is 5.01. The fourth-order valence-corrected chi connectivity index (χ4v) is 2.29. The first kappa shape index (κ1) is 11.7. The molecule has 0 unspecified atom stereocenters. The first-order valence-corrected chi connectivity index (χ1v) is 6.19. The molecule has 2 rings (SSSR count). The predicted octanol–water partition coefficient (Wildman–Crippen LogP) is 3.74. The number of benzene rings is 1. The number of amides is 1. The molecular weight excluding hydrogens is 234 g/mol. The fourth-order valence-electron chi connectivity index (χ4n) is 1.63. The number of anilines is 1. The molecule has 3 nitrogen and oxygen atoms in total. The lowest BCUT2D eigenvalue weighted by atomic mass is 10.2. The first-order chi connectivity index (χ1) is 8.16. The Labute approximate surface area is 104 Å². The lowest BCUT2D eigenvalue weighted by Crippen LogP contribution is -2.28. The molecule has 1 heterocycles. The van der Waals surface area contributed by atoms with E-state index in [9.17, 15) is 9.90 Å². The highest BCUT2D eigenvalue weighted by atomic mass is 32.1. The summed E-state index contributed by atoms with van der Waals surface area (Å²) in [6, 6.07) is 9.45. The Morgan fingerprint density at radius 2 is 2.24 bits per heavy atom. The molecule has 0 aliphatic rings. The third kappa shape index (κ3) is 2.85. The minimum absolute atomic E-state index is 0.391. The van der Waals surface area contributed by atoms with Gasteiger partial charge < -0.3 is 5.11 Å². The maximum atomic E-state index is 11.3. The third-order valence-corrected chi connectivity index (χ3v) is 3.20. The van der Waals surface area contributed by atoms with Crippen LogP contribution in [0.25, 0.3) is 0 Å². The van der Waals surface area contributed by atoms with Crippen LogP contribution in [0.2, 0.25) is 0 Å². The van der Waals surface area contributed by atoms with Crippen molar-refractivity contribution < 1.29 is 9.90 Å². The molecule has 88 valence electrons. The lowest BCUT2D eigenvalue weighted by Gasteiger charge is -2.19. The van der Waals surface area contributed by atoms with Crippen molar-refractivity contribution >= 4 is 23.1 Å². The van der Waals surface area contributed by atoms with E-state index in [4.69, 9.17) is 0 Å². The largest absolute Gasteiger partial charge is 0.465 e. The summed E-state index contributed by atoms with van der Waals surface area (Å²) < 4.78 is 0. The van der Waals surface area contributed by atoms with E-state index in [1.165, 1.54) is 4.90 Å². The summed E-state index contributed by atoms with van der Waals surface area (Å²) in [5.41, 5.74) is 2.78. The molecule has 0 bridgehead atoms. The van der Waals surface area contributed by atoms with Crippen LogP contribution < -0.4 is 4.90 Å². The van der Waals surface area contributed by atoms with Crippen LogP contribution >= 0.6 is 11.3 Å². The Morgan fingerprint density at radius 3 is 2.82 bits per heavy atom. The summed E-state index contributed by atoms with van der Waals surface area (Å²) in [5, 5.41) is 13.2. The maximum absolute atomic E-state index is 11.3. The number of thiophene rings is 1. The monoisotopic (exact) mass is 247 g/mol. The van der Waals surface area contributed by atoms with Crippen LogP contribution in [-0.4, -0.2) is 11.2 Å². The Balaban J connectivity index is 2.26. The summed E-state index contributed by atoms with van der Waals surface area (Å²) in [5.74, 6) is 0. The van der Waals surface area contributed by atoms with Gasteiger partial charge in [0.15, 0.2) is 0 Å². The van der Waals surface area contributed by atoms with Gasteiger partial charge in [0.2, 0.25) is 0 Å². The number of hydrogen-bond donors (Lipinski definition) is 1. The molecule has 1 amide bonds. The summed E-state index contributed by atoms with van der Waals surface area (Å²) in [4.78, 5) is 12.6. The van der Waals surface area contributed by atoms with Crippen LogP contribution in [-0.2, 0) is 6.54 Å². The van der Waals surface area contributed by atoms with E-state index >= 15 is 0 Å². The van der Waals surface area contributed by atoms with E-state index in [0.29, 0.717) is 12.2 Å². The van der Waals surface area contributed by atoms with E-state index in [-0.39, 0.29) is 0 Å². The van der Waals surface area contributed by atoms with Crippen molar-refractivity contribution in [1.82, 2.24) is 0 Å². The van der Waals surface area contributed by atoms with Gasteiger partial charge in [-0.3, -0.25) is 4.90 Å². The zero-order valence-electron chi connectivity index (χ0n) is 9.46. The Kier molecular flexibility index (Phi) is 3.44. The summed E-state index contributed by atoms with van der Waals surface area (Å²) in [6.07, 6.45) is -0.929. The normalized spacial score (nSPS) is 10.2. The average Bonchev–Trinajstić information content (AvgIpc) is 2.78. The molecule has 2 aromatic rings. The maximum Gasteiger partial charge on any atom is 0.412 e. The van der Waals surface area contributed by atoms with Crippen LogP contribution in [0.4, 0.5) is 10.5 Å². The Bertz CT molecular complexity index is 508. The molecule has 0 aliphatic heterocycles. The molecule has 0 atom stereocenters. The molecule has 0 aliphatic carbocycles. The van der Waals surface area contributed by atoms with Crippen molar-refractivity contribution in [3.8, 4) is 0 Å². The average molecular weight is 247 g/mol.